The van der Waals surface area contributed by atoms with E-state index < -0.39 is 17.3 Å². The first-order valence-electron chi connectivity index (χ1n) is 8.37. The van der Waals surface area contributed by atoms with E-state index in [0.717, 1.165) is 12.1 Å². The molecule has 11 heteroatoms. The first kappa shape index (κ1) is 19.2. The van der Waals surface area contributed by atoms with Gasteiger partial charge in [0.15, 0.2) is 10.8 Å². The highest BCUT2D eigenvalue weighted by molar-refractivity contribution is 7.22. The third-order valence-electron chi connectivity index (χ3n) is 4.37. The van der Waals surface area contributed by atoms with Crippen molar-refractivity contribution >= 4 is 38.4 Å². The van der Waals surface area contributed by atoms with Crippen molar-refractivity contribution < 1.29 is 17.9 Å². The normalized spacial score (nSPS) is 15.4. The average Bonchev–Trinajstić information content (AvgIpc) is 3.12. The molecular weight excluding hydrogens is 417 g/mol. The Balaban J connectivity index is 1.74. The number of halogens is 4. The summed E-state index contributed by atoms with van der Waals surface area (Å²) >= 11 is 7.32. The molecule has 0 amide bonds. The number of benzene rings is 1. The maximum Gasteiger partial charge on any atom is 0.416 e. The lowest BCUT2D eigenvalue weighted by atomic mass is 10.1. The molecule has 0 aliphatic carbocycles. The van der Waals surface area contributed by atoms with Crippen molar-refractivity contribution in [3.8, 4) is 0 Å². The highest BCUT2D eigenvalue weighted by atomic mass is 35.5. The number of hydrogen-bond donors (Lipinski definition) is 0. The Labute approximate surface area is 166 Å². The van der Waals surface area contributed by atoms with E-state index in [9.17, 15) is 18.0 Å². The highest BCUT2D eigenvalue weighted by Gasteiger charge is 2.31. The second-order valence-corrected chi connectivity index (χ2v) is 7.61. The molecule has 0 radical (unpaired) electrons. The Hall–Kier alpha value is -2.17. The van der Waals surface area contributed by atoms with E-state index in [4.69, 9.17) is 16.3 Å². The molecule has 148 valence electrons. The zero-order valence-electron chi connectivity index (χ0n) is 14.4. The van der Waals surface area contributed by atoms with Crippen LogP contribution in [0.1, 0.15) is 11.1 Å². The Morgan fingerprint density at radius 2 is 2.00 bits per heavy atom. The van der Waals surface area contributed by atoms with Gasteiger partial charge in [-0.05, 0) is 23.8 Å². The Morgan fingerprint density at radius 3 is 2.71 bits per heavy atom. The summed E-state index contributed by atoms with van der Waals surface area (Å²) in [5, 5.41) is 0.857. The van der Waals surface area contributed by atoms with E-state index in [1.54, 1.807) is 4.57 Å². The van der Waals surface area contributed by atoms with Gasteiger partial charge in [-0.15, -0.1) is 0 Å². The molecule has 4 rings (SSSR count). The summed E-state index contributed by atoms with van der Waals surface area (Å²) in [5.74, 6) is 0. The maximum atomic E-state index is 13.0. The zero-order valence-corrected chi connectivity index (χ0v) is 15.9. The molecule has 1 fully saturated rings. The van der Waals surface area contributed by atoms with Crippen LogP contribution in [0.25, 0.3) is 10.3 Å². The molecule has 0 unspecified atom stereocenters. The van der Waals surface area contributed by atoms with Crippen molar-refractivity contribution in [1.82, 2.24) is 14.5 Å². The van der Waals surface area contributed by atoms with E-state index in [0.29, 0.717) is 41.8 Å². The minimum absolute atomic E-state index is 0.0127. The van der Waals surface area contributed by atoms with Gasteiger partial charge in [-0.3, -0.25) is 4.79 Å². The van der Waals surface area contributed by atoms with Crippen LogP contribution in [0.2, 0.25) is 5.02 Å². The summed E-state index contributed by atoms with van der Waals surface area (Å²) in [5.41, 5.74) is -0.563. The van der Waals surface area contributed by atoms with Crippen LogP contribution in [0.15, 0.2) is 29.3 Å². The standard InChI is InChI=1S/C17H14ClF3N4O2S/c18-12-2-1-11(17(19,20)21)7-10(12)8-25-9-22-15(26)13-14(25)23-16(28-13)24-3-5-27-6-4-24/h1-2,7,9H,3-6,8H2. The van der Waals surface area contributed by atoms with Gasteiger partial charge in [-0.25, -0.2) is 4.98 Å². The second-order valence-electron chi connectivity index (χ2n) is 6.23. The molecule has 3 heterocycles. The molecule has 3 aromatic rings. The number of ether oxygens (including phenoxy) is 1. The molecule has 0 N–H and O–H groups in total. The predicted octanol–water partition coefficient (Wildman–Crippen LogP) is 3.41. The second kappa shape index (κ2) is 7.34. The predicted molar refractivity (Wildman–Crippen MR) is 100 cm³/mol. The Bertz CT molecular complexity index is 1080. The summed E-state index contributed by atoms with van der Waals surface area (Å²) in [7, 11) is 0. The highest BCUT2D eigenvalue weighted by Crippen LogP contribution is 2.33. The average molecular weight is 431 g/mol. The minimum Gasteiger partial charge on any atom is -0.378 e. The van der Waals surface area contributed by atoms with Crippen molar-refractivity contribution in [3.05, 3.63) is 51.0 Å². The number of anilines is 1. The smallest absolute Gasteiger partial charge is 0.378 e. The van der Waals surface area contributed by atoms with Crippen molar-refractivity contribution in [1.29, 1.82) is 0 Å². The number of morpholine rings is 1. The lowest BCUT2D eigenvalue weighted by molar-refractivity contribution is -0.137. The van der Waals surface area contributed by atoms with Crippen LogP contribution in [0.5, 0.6) is 0 Å². The van der Waals surface area contributed by atoms with Crippen LogP contribution in [0.4, 0.5) is 18.3 Å². The van der Waals surface area contributed by atoms with Gasteiger partial charge in [0.2, 0.25) is 0 Å². The van der Waals surface area contributed by atoms with Gasteiger partial charge >= 0.3 is 6.18 Å². The van der Waals surface area contributed by atoms with Gasteiger partial charge in [-0.1, -0.05) is 22.9 Å². The molecule has 6 nitrogen and oxygen atoms in total. The van der Waals surface area contributed by atoms with Crippen molar-refractivity contribution in [2.45, 2.75) is 12.7 Å². The summed E-state index contributed by atoms with van der Waals surface area (Å²) in [6.45, 7) is 2.46. The van der Waals surface area contributed by atoms with E-state index in [1.165, 1.54) is 23.7 Å². The van der Waals surface area contributed by atoms with Crippen LogP contribution < -0.4 is 10.5 Å². The number of thiazole rings is 1. The van der Waals surface area contributed by atoms with E-state index in [-0.39, 0.29) is 17.1 Å². The van der Waals surface area contributed by atoms with E-state index in [2.05, 4.69) is 9.97 Å². The van der Waals surface area contributed by atoms with Gasteiger partial charge in [0.05, 0.1) is 25.3 Å². The molecule has 0 atom stereocenters. The van der Waals surface area contributed by atoms with Crippen molar-refractivity contribution in [3.63, 3.8) is 0 Å². The molecule has 1 aliphatic rings. The fourth-order valence-corrected chi connectivity index (χ4v) is 4.13. The Morgan fingerprint density at radius 1 is 1.25 bits per heavy atom. The monoisotopic (exact) mass is 430 g/mol. The van der Waals surface area contributed by atoms with Gasteiger partial charge in [0, 0.05) is 18.1 Å². The molecule has 1 saturated heterocycles. The lowest BCUT2D eigenvalue weighted by Gasteiger charge is -2.25. The minimum atomic E-state index is -4.47. The van der Waals surface area contributed by atoms with E-state index in [1.807, 2.05) is 4.90 Å². The third kappa shape index (κ3) is 3.71. The number of alkyl halides is 3. The van der Waals surface area contributed by atoms with Crippen LogP contribution in [-0.4, -0.2) is 40.8 Å². The topological polar surface area (TPSA) is 60.2 Å². The van der Waals surface area contributed by atoms with Crippen LogP contribution >= 0.6 is 22.9 Å². The summed E-state index contributed by atoms with van der Waals surface area (Å²) in [6.07, 6.45) is -3.19. The molecule has 0 bridgehead atoms. The molecular formula is C17H14ClF3N4O2S. The molecule has 2 aromatic heterocycles. The van der Waals surface area contributed by atoms with Gasteiger partial charge in [0.1, 0.15) is 11.0 Å². The molecule has 0 spiro atoms. The van der Waals surface area contributed by atoms with Crippen molar-refractivity contribution in [2.75, 3.05) is 31.2 Å². The van der Waals surface area contributed by atoms with Crippen LogP contribution in [0.3, 0.4) is 0 Å². The SMILES string of the molecule is O=c1ncn(Cc2cc(C(F)(F)F)ccc2Cl)c2nc(N3CCOCC3)sc12. The van der Waals surface area contributed by atoms with Gasteiger partial charge in [0.25, 0.3) is 5.56 Å². The first-order chi connectivity index (χ1) is 13.3. The number of aromatic nitrogens is 3. The number of rotatable bonds is 3. The van der Waals surface area contributed by atoms with Crippen LogP contribution in [0, 0.1) is 0 Å². The fourth-order valence-electron chi connectivity index (χ4n) is 2.93. The van der Waals surface area contributed by atoms with Gasteiger partial charge in [-0.2, -0.15) is 18.2 Å². The molecule has 0 saturated carbocycles. The maximum absolute atomic E-state index is 13.0. The first-order valence-corrected chi connectivity index (χ1v) is 9.56. The van der Waals surface area contributed by atoms with Crippen molar-refractivity contribution in [2.24, 2.45) is 0 Å². The summed E-state index contributed by atoms with van der Waals surface area (Å²) in [6, 6.07) is 3.15. The van der Waals surface area contributed by atoms with E-state index >= 15 is 0 Å². The zero-order chi connectivity index (χ0) is 19.9. The molecule has 28 heavy (non-hydrogen) atoms. The molecule has 1 aromatic carbocycles. The van der Waals surface area contributed by atoms with Gasteiger partial charge < -0.3 is 14.2 Å². The summed E-state index contributed by atoms with van der Waals surface area (Å²) in [4.78, 5) is 22.5. The molecule has 1 aliphatic heterocycles. The fraction of sp³-hybridized carbons (Fsp3) is 0.353. The quantitative estimate of drug-likeness (QED) is 0.637. The van der Waals surface area contributed by atoms with Crippen LogP contribution in [-0.2, 0) is 17.5 Å². The number of nitrogens with zero attached hydrogens (tertiary/aromatic N) is 4. The third-order valence-corrected chi connectivity index (χ3v) is 5.84. The largest absolute Gasteiger partial charge is 0.416 e. The Kier molecular flexibility index (Phi) is 5.02. The number of fused-ring (bicyclic) bond motifs is 1. The summed E-state index contributed by atoms with van der Waals surface area (Å²) < 4.78 is 46.3. The number of hydrogen-bond acceptors (Lipinski definition) is 6. The lowest BCUT2D eigenvalue weighted by Crippen LogP contribution is -2.36.